The Bertz CT molecular complexity index is 859. The van der Waals surface area contributed by atoms with Crippen LogP contribution in [0.5, 0.6) is 5.75 Å². The SMILES string of the molecule is Cc1nc2ccc(-c3cncc(OCCN4CCOCC4)c3)cc2s1. The maximum atomic E-state index is 5.91. The fourth-order valence-corrected chi connectivity index (χ4v) is 3.86. The van der Waals surface area contributed by atoms with E-state index in [-0.39, 0.29) is 0 Å². The van der Waals surface area contributed by atoms with Crippen molar-refractivity contribution in [3.63, 3.8) is 0 Å². The van der Waals surface area contributed by atoms with Crippen LogP contribution in [-0.4, -0.2) is 54.3 Å². The Labute approximate surface area is 151 Å². The summed E-state index contributed by atoms with van der Waals surface area (Å²) in [7, 11) is 0. The number of aryl methyl sites for hydroxylation is 1. The molecule has 2 aromatic heterocycles. The molecule has 3 heterocycles. The summed E-state index contributed by atoms with van der Waals surface area (Å²) in [6.45, 7) is 7.21. The van der Waals surface area contributed by atoms with Crippen molar-refractivity contribution >= 4 is 21.6 Å². The number of nitrogens with zero attached hydrogens (tertiary/aromatic N) is 3. The van der Waals surface area contributed by atoms with E-state index in [4.69, 9.17) is 9.47 Å². The van der Waals surface area contributed by atoms with Crippen molar-refractivity contribution < 1.29 is 9.47 Å². The van der Waals surface area contributed by atoms with E-state index in [2.05, 4.69) is 39.1 Å². The molecule has 6 heteroatoms. The average molecular weight is 355 g/mol. The zero-order valence-electron chi connectivity index (χ0n) is 14.3. The second-order valence-corrected chi connectivity index (χ2v) is 7.36. The molecular weight excluding hydrogens is 334 g/mol. The van der Waals surface area contributed by atoms with Crippen LogP contribution in [0.25, 0.3) is 21.3 Å². The first-order valence-corrected chi connectivity index (χ1v) is 9.35. The minimum Gasteiger partial charge on any atom is -0.491 e. The molecule has 0 atom stereocenters. The number of fused-ring (bicyclic) bond motifs is 1. The van der Waals surface area contributed by atoms with Gasteiger partial charge in [0.2, 0.25) is 0 Å². The van der Waals surface area contributed by atoms with Crippen LogP contribution < -0.4 is 4.74 Å². The molecule has 0 bridgehead atoms. The minimum atomic E-state index is 0.665. The normalized spacial score (nSPS) is 15.6. The molecule has 0 spiro atoms. The van der Waals surface area contributed by atoms with Gasteiger partial charge in [0.05, 0.1) is 34.6 Å². The van der Waals surface area contributed by atoms with E-state index in [1.54, 1.807) is 17.5 Å². The first-order valence-electron chi connectivity index (χ1n) is 8.53. The van der Waals surface area contributed by atoms with Crippen LogP contribution in [0.3, 0.4) is 0 Å². The molecule has 5 nitrogen and oxygen atoms in total. The third kappa shape index (κ3) is 3.98. The molecule has 1 aromatic carbocycles. The van der Waals surface area contributed by atoms with E-state index in [9.17, 15) is 0 Å². The van der Waals surface area contributed by atoms with Gasteiger partial charge in [-0.05, 0) is 30.7 Å². The summed E-state index contributed by atoms with van der Waals surface area (Å²) in [4.78, 5) is 11.2. The van der Waals surface area contributed by atoms with Gasteiger partial charge < -0.3 is 9.47 Å². The van der Waals surface area contributed by atoms with Crippen molar-refractivity contribution in [2.24, 2.45) is 0 Å². The fraction of sp³-hybridized carbons (Fsp3) is 0.368. The first-order chi connectivity index (χ1) is 12.3. The highest BCUT2D eigenvalue weighted by Gasteiger charge is 2.10. The molecule has 1 aliphatic heterocycles. The predicted molar refractivity (Wildman–Crippen MR) is 100 cm³/mol. The maximum absolute atomic E-state index is 5.91. The van der Waals surface area contributed by atoms with Crippen molar-refractivity contribution in [1.82, 2.24) is 14.9 Å². The summed E-state index contributed by atoms with van der Waals surface area (Å²) in [5.41, 5.74) is 3.26. The molecule has 0 unspecified atom stereocenters. The Kier molecular flexibility index (Phi) is 4.92. The highest BCUT2D eigenvalue weighted by molar-refractivity contribution is 7.18. The van der Waals surface area contributed by atoms with Crippen LogP contribution >= 0.6 is 11.3 Å². The molecule has 1 fully saturated rings. The summed E-state index contributed by atoms with van der Waals surface area (Å²) >= 11 is 1.72. The molecule has 0 aliphatic carbocycles. The highest BCUT2D eigenvalue weighted by atomic mass is 32.1. The molecule has 25 heavy (non-hydrogen) atoms. The van der Waals surface area contributed by atoms with Crippen LogP contribution in [0.4, 0.5) is 0 Å². The Hall–Kier alpha value is -2.02. The molecule has 1 saturated heterocycles. The van der Waals surface area contributed by atoms with Gasteiger partial charge in [0.15, 0.2) is 0 Å². The summed E-state index contributed by atoms with van der Waals surface area (Å²) in [6, 6.07) is 8.39. The lowest BCUT2D eigenvalue weighted by molar-refractivity contribution is 0.0322. The molecule has 1 aliphatic rings. The lowest BCUT2D eigenvalue weighted by Gasteiger charge is -2.26. The number of pyridine rings is 1. The number of morpholine rings is 1. The maximum Gasteiger partial charge on any atom is 0.138 e. The van der Waals surface area contributed by atoms with Crippen molar-refractivity contribution in [2.45, 2.75) is 6.92 Å². The Balaban J connectivity index is 1.44. The largest absolute Gasteiger partial charge is 0.491 e. The molecule has 3 aromatic rings. The molecule has 0 N–H and O–H groups in total. The minimum absolute atomic E-state index is 0.665. The summed E-state index contributed by atoms with van der Waals surface area (Å²) in [6.07, 6.45) is 3.65. The Morgan fingerprint density at radius 3 is 2.92 bits per heavy atom. The topological polar surface area (TPSA) is 47.5 Å². The van der Waals surface area contributed by atoms with Crippen molar-refractivity contribution in [2.75, 3.05) is 39.5 Å². The third-order valence-corrected chi connectivity index (χ3v) is 5.26. The van der Waals surface area contributed by atoms with Crippen LogP contribution in [0.15, 0.2) is 36.7 Å². The van der Waals surface area contributed by atoms with Crippen molar-refractivity contribution in [3.05, 3.63) is 41.7 Å². The number of hydrogen-bond donors (Lipinski definition) is 0. The van der Waals surface area contributed by atoms with Crippen LogP contribution in [-0.2, 0) is 4.74 Å². The first kappa shape index (κ1) is 16.4. The fourth-order valence-electron chi connectivity index (χ4n) is 2.99. The van der Waals surface area contributed by atoms with E-state index in [1.807, 2.05) is 13.1 Å². The van der Waals surface area contributed by atoms with Gasteiger partial charge in [-0.2, -0.15) is 0 Å². The number of thiazole rings is 1. The van der Waals surface area contributed by atoms with Gasteiger partial charge in [-0.1, -0.05) is 6.07 Å². The average Bonchev–Trinajstić information content (AvgIpc) is 3.02. The summed E-state index contributed by atoms with van der Waals surface area (Å²) in [5.74, 6) is 0.811. The van der Waals surface area contributed by atoms with Gasteiger partial charge in [-0.25, -0.2) is 4.98 Å². The lowest BCUT2D eigenvalue weighted by atomic mass is 10.1. The van der Waals surface area contributed by atoms with Gasteiger partial charge in [-0.3, -0.25) is 9.88 Å². The zero-order valence-corrected chi connectivity index (χ0v) is 15.1. The summed E-state index contributed by atoms with van der Waals surface area (Å²) in [5, 5.41) is 1.09. The smallest absolute Gasteiger partial charge is 0.138 e. The number of aromatic nitrogens is 2. The molecule has 0 amide bonds. The number of hydrogen-bond acceptors (Lipinski definition) is 6. The monoisotopic (exact) mass is 355 g/mol. The predicted octanol–water partition coefficient (Wildman–Crippen LogP) is 3.38. The second kappa shape index (κ2) is 7.47. The van der Waals surface area contributed by atoms with Gasteiger partial charge in [-0.15, -0.1) is 11.3 Å². The van der Waals surface area contributed by atoms with Crippen LogP contribution in [0, 0.1) is 6.92 Å². The van der Waals surface area contributed by atoms with E-state index in [1.165, 1.54) is 4.70 Å². The van der Waals surface area contributed by atoms with E-state index in [0.29, 0.717) is 6.61 Å². The second-order valence-electron chi connectivity index (χ2n) is 6.13. The number of rotatable bonds is 5. The molecule has 0 radical (unpaired) electrons. The Morgan fingerprint density at radius 1 is 1.16 bits per heavy atom. The van der Waals surface area contributed by atoms with E-state index < -0.39 is 0 Å². The molecule has 0 saturated carbocycles. The quantitative estimate of drug-likeness (QED) is 0.702. The summed E-state index contributed by atoms with van der Waals surface area (Å²) < 4.78 is 12.5. The van der Waals surface area contributed by atoms with Crippen molar-refractivity contribution in [1.29, 1.82) is 0 Å². The van der Waals surface area contributed by atoms with Gasteiger partial charge in [0.25, 0.3) is 0 Å². The number of ether oxygens (including phenoxy) is 2. The lowest BCUT2D eigenvalue weighted by Crippen LogP contribution is -2.38. The van der Waals surface area contributed by atoms with Gasteiger partial charge in [0, 0.05) is 31.4 Å². The van der Waals surface area contributed by atoms with Crippen LogP contribution in [0.1, 0.15) is 5.01 Å². The van der Waals surface area contributed by atoms with Gasteiger partial charge >= 0.3 is 0 Å². The number of benzene rings is 1. The van der Waals surface area contributed by atoms with Crippen molar-refractivity contribution in [3.8, 4) is 16.9 Å². The zero-order chi connectivity index (χ0) is 17.1. The highest BCUT2D eigenvalue weighted by Crippen LogP contribution is 2.29. The third-order valence-electron chi connectivity index (χ3n) is 4.32. The Morgan fingerprint density at radius 2 is 2.04 bits per heavy atom. The van der Waals surface area contributed by atoms with E-state index in [0.717, 1.165) is 60.2 Å². The van der Waals surface area contributed by atoms with Gasteiger partial charge in [0.1, 0.15) is 12.4 Å². The molecule has 4 rings (SSSR count). The van der Waals surface area contributed by atoms with Crippen LogP contribution in [0.2, 0.25) is 0 Å². The molecule has 130 valence electrons. The standard InChI is InChI=1S/C19H21N3O2S/c1-14-21-18-3-2-15(11-19(18)25-14)16-10-17(13-20-12-16)24-9-6-22-4-7-23-8-5-22/h2-3,10-13H,4-9H2,1H3. The molecular formula is C19H21N3O2S. The van der Waals surface area contributed by atoms with E-state index >= 15 is 0 Å².